The molecule has 1 saturated heterocycles. The number of oxime groups is 1. The zero-order chi connectivity index (χ0) is 18.4. The van der Waals surface area contributed by atoms with Gasteiger partial charge in [-0.3, -0.25) is 14.4 Å². The first kappa shape index (κ1) is 16.1. The van der Waals surface area contributed by atoms with Gasteiger partial charge in [-0.15, -0.1) is 0 Å². The lowest BCUT2D eigenvalue weighted by Crippen LogP contribution is -2.34. The number of rotatable bonds is 3. The van der Waals surface area contributed by atoms with Crippen LogP contribution < -0.4 is 4.90 Å². The highest BCUT2D eigenvalue weighted by Crippen LogP contribution is 2.34. The summed E-state index contributed by atoms with van der Waals surface area (Å²) >= 11 is 0. The van der Waals surface area contributed by atoms with Gasteiger partial charge in [0.05, 0.1) is 5.69 Å². The number of carbonyl (C=O) groups is 3. The molecule has 2 aromatic rings. The molecule has 2 aliphatic rings. The van der Waals surface area contributed by atoms with E-state index in [4.69, 9.17) is 4.84 Å². The van der Waals surface area contributed by atoms with Crippen molar-refractivity contribution < 1.29 is 23.6 Å². The Hall–Kier alpha value is -3.35. The molecule has 0 saturated carbocycles. The smallest absolute Gasteiger partial charge is 0.278 e. The highest BCUT2D eigenvalue weighted by molar-refractivity contribution is 6.52. The number of carbonyl (C=O) groups excluding carboxylic acids is 3. The number of ketones is 1. The molecule has 0 aromatic heterocycles. The van der Waals surface area contributed by atoms with Gasteiger partial charge in [0.2, 0.25) is 17.8 Å². The Morgan fingerprint density at radius 2 is 1.69 bits per heavy atom. The molecule has 0 spiro atoms. The fourth-order valence-electron chi connectivity index (χ4n) is 3.06. The van der Waals surface area contributed by atoms with Gasteiger partial charge in [0.1, 0.15) is 17.4 Å². The Kier molecular flexibility index (Phi) is 3.64. The predicted octanol–water partition coefficient (Wildman–Crippen LogP) is 2.26. The minimum Gasteiger partial charge on any atom is -0.381 e. The van der Waals surface area contributed by atoms with Gasteiger partial charge in [-0.25, -0.2) is 9.29 Å². The summed E-state index contributed by atoms with van der Waals surface area (Å²) in [5.41, 5.74) is 1.47. The molecule has 0 N–H and O–H groups in total. The van der Waals surface area contributed by atoms with Crippen LogP contribution >= 0.6 is 0 Å². The summed E-state index contributed by atoms with van der Waals surface area (Å²) in [6.45, 7) is 1.89. The normalized spacial score (nSPS) is 21.5. The number of amides is 2. The third kappa shape index (κ3) is 2.40. The molecule has 2 aliphatic heterocycles. The number of anilines is 1. The van der Waals surface area contributed by atoms with Crippen LogP contribution in [0.5, 0.6) is 0 Å². The molecule has 2 amide bonds. The van der Waals surface area contributed by atoms with E-state index in [1.807, 2.05) is 6.92 Å². The first-order valence-electron chi connectivity index (χ1n) is 7.96. The summed E-state index contributed by atoms with van der Waals surface area (Å²) in [5.74, 6) is -3.27. The molecule has 7 heteroatoms. The maximum Gasteiger partial charge on any atom is 0.278 e. The Morgan fingerprint density at radius 1 is 1.04 bits per heavy atom. The Labute approximate surface area is 147 Å². The minimum absolute atomic E-state index is 0.0955. The molecular weight excluding hydrogens is 339 g/mol. The molecule has 0 radical (unpaired) electrons. The van der Waals surface area contributed by atoms with Crippen LogP contribution in [0.4, 0.5) is 10.1 Å². The van der Waals surface area contributed by atoms with Crippen LogP contribution in [0.15, 0.2) is 53.7 Å². The number of nitrogens with zero attached hydrogens (tertiary/aromatic N) is 2. The van der Waals surface area contributed by atoms with Gasteiger partial charge in [-0.2, -0.15) is 0 Å². The molecule has 26 heavy (non-hydrogen) atoms. The van der Waals surface area contributed by atoms with Gasteiger partial charge in [-0.05, 0) is 31.2 Å². The molecule has 6 nitrogen and oxygen atoms in total. The van der Waals surface area contributed by atoms with Crippen molar-refractivity contribution in [2.45, 2.75) is 13.0 Å². The van der Waals surface area contributed by atoms with Crippen molar-refractivity contribution in [3.05, 3.63) is 65.5 Å². The van der Waals surface area contributed by atoms with Crippen molar-refractivity contribution in [2.75, 3.05) is 4.90 Å². The number of imide groups is 1. The predicted molar refractivity (Wildman–Crippen MR) is 90.2 cm³/mol. The lowest BCUT2D eigenvalue weighted by molar-refractivity contribution is -0.126. The van der Waals surface area contributed by atoms with Crippen molar-refractivity contribution >= 4 is 29.0 Å². The first-order valence-corrected chi connectivity index (χ1v) is 7.96. The second-order valence-corrected chi connectivity index (χ2v) is 6.16. The summed E-state index contributed by atoms with van der Waals surface area (Å²) in [5, 5.41) is 3.70. The average molecular weight is 352 g/mol. The molecule has 1 fully saturated rings. The van der Waals surface area contributed by atoms with Crippen LogP contribution in [0.2, 0.25) is 0 Å². The quantitative estimate of drug-likeness (QED) is 0.627. The number of Topliss-reactive ketones (excluding diaryl/α,β-unsaturated/α-hetero) is 1. The summed E-state index contributed by atoms with van der Waals surface area (Å²) in [4.78, 5) is 44.0. The maximum absolute atomic E-state index is 13.1. The number of benzene rings is 2. The van der Waals surface area contributed by atoms with Gasteiger partial charge < -0.3 is 4.84 Å². The summed E-state index contributed by atoms with van der Waals surface area (Å²) in [6, 6.07) is 11.8. The van der Waals surface area contributed by atoms with Crippen LogP contribution in [0.1, 0.15) is 15.9 Å². The fourth-order valence-corrected chi connectivity index (χ4v) is 3.06. The third-order valence-corrected chi connectivity index (χ3v) is 4.44. The van der Waals surface area contributed by atoms with Crippen LogP contribution in [0, 0.1) is 18.7 Å². The van der Waals surface area contributed by atoms with Crippen molar-refractivity contribution in [3.63, 3.8) is 0 Å². The molecule has 2 aromatic carbocycles. The van der Waals surface area contributed by atoms with E-state index in [0.717, 1.165) is 22.6 Å². The molecule has 0 unspecified atom stereocenters. The zero-order valence-corrected chi connectivity index (χ0v) is 13.7. The number of aryl methyl sites for hydroxylation is 1. The number of hydrogen-bond acceptors (Lipinski definition) is 5. The first-order chi connectivity index (χ1) is 12.5. The topological polar surface area (TPSA) is 76.0 Å². The van der Waals surface area contributed by atoms with Gasteiger partial charge in [0.25, 0.3) is 5.91 Å². The molecular formula is C19H13FN2O4. The van der Waals surface area contributed by atoms with E-state index in [9.17, 15) is 18.8 Å². The van der Waals surface area contributed by atoms with Crippen molar-refractivity contribution in [2.24, 2.45) is 11.1 Å². The van der Waals surface area contributed by atoms with Crippen molar-refractivity contribution in [1.82, 2.24) is 0 Å². The summed E-state index contributed by atoms with van der Waals surface area (Å²) < 4.78 is 13.1. The maximum atomic E-state index is 13.1. The number of fused-ring (bicyclic) bond motifs is 1. The second kappa shape index (κ2) is 5.87. The van der Waals surface area contributed by atoms with Gasteiger partial charge in [0.15, 0.2) is 0 Å². The number of halogens is 1. The lowest BCUT2D eigenvalue weighted by atomic mass is 9.93. The van der Waals surface area contributed by atoms with Crippen molar-refractivity contribution in [1.29, 1.82) is 0 Å². The summed E-state index contributed by atoms with van der Waals surface area (Å²) in [7, 11) is 0. The van der Waals surface area contributed by atoms with Crippen LogP contribution in [-0.2, 0) is 14.4 Å². The van der Waals surface area contributed by atoms with E-state index >= 15 is 0 Å². The van der Waals surface area contributed by atoms with E-state index in [0.29, 0.717) is 5.56 Å². The molecule has 4 rings (SSSR count). The van der Waals surface area contributed by atoms with E-state index in [2.05, 4.69) is 5.16 Å². The highest BCUT2D eigenvalue weighted by atomic mass is 19.1. The molecule has 2 heterocycles. The minimum atomic E-state index is -1.17. The van der Waals surface area contributed by atoms with Crippen LogP contribution in [0.3, 0.4) is 0 Å². The Morgan fingerprint density at radius 3 is 2.35 bits per heavy atom. The standard InChI is InChI=1S/C19H13FN2O4/c1-10-2-4-11(5-3-10)16(23)15-14-17(26-21-15)19(25)22(18(14)24)13-8-6-12(20)7-9-13/h2-9,14,17H,1H3/t14-,17+/m0/s1. The average Bonchev–Trinajstić information content (AvgIpc) is 3.17. The number of hydrogen-bond donors (Lipinski definition) is 0. The van der Waals surface area contributed by atoms with Gasteiger partial charge >= 0.3 is 0 Å². The van der Waals surface area contributed by atoms with E-state index in [1.54, 1.807) is 24.3 Å². The fraction of sp³-hybridized carbons (Fsp3) is 0.158. The SMILES string of the molecule is Cc1ccc(C(=O)C2=NO[C@H]3C(=O)N(c4ccc(F)cc4)C(=O)[C@@H]23)cc1. The monoisotopic (exact) mass is 352 g/mol. The van der Waals surface area contributed by atoms with E-state index < -0.39 is 35.4 Å². The molecule has 0 bridgehead atoms. The van der Waals surface area contributed by atoms with E-state index in [1.165, 1.54) is 12.1 Å². The molecule has 2 atom stereocenters. The lowest BCUT2D eigenvalue weighted by Gasteiger charge is -2.15. The Balaban J connectivity index is 1.65. The van der Waals surface area contributed by atoms with Gasteiger partial charge in [0, 0.05) is 5.56 Å². The largest absolute Gasteiger partial charge is 0.381 e. The van der Waals surface area contributed by atoms with Crippen molar-refractivity contribution in [3.8, 4) is 0 Å². The van der Waals surface area contributed by atoms with Crippen LogP contribution in [-0.4, -0.2) is 29.4 Å². The van der Waals surface area contributed by atoms with Gasteiger partial charge in [-0.1, -0.05) is 35.0 Å². The zero-order valence-electron chi connectivity index (χ0n) is 13.7. The Bertz CT molecular complexity index is 951. The second-order valence-electron chi connectivity index (χ2n) is 6.16. The summed E-state index contributed by atoms with van der Waals surface area (Å²) in [6.07, 6.45) is -1.17. The highest BCUT2D eigenvalue weighted by Gasteiger charge is 2.57. The molecule has 0 aliphatic carbocycles. The van der Waals surface area contributed by atoms with Crippen LogP contribution in [0.25, 0.3) is 0 Å². The third-order valence-electron chi connectivity index (χ3n) is 4.44. The van der Waals surface area contributed by atoms with E-state index in [-0.39, 0.29) is 11.4 Å². The molecule has 130 valence electrons.